The van der Waals surface area contributed by atoms with Gasteiger partial charge in [0.1, 0.15) is 5.82 Å². The minimum atomic E-state index is 0.783. The SMILES string of the molecule is CNCc1nc(-c2ccsc2)c(C)[nH]1. The monoisotopic (exact) mass is 207 g/mol. The fraction of sp³-hybridized carbons (Fsp3) is 0.300. The topological polar surface area (TPSA) is 40.7 Å². The number of rotatable bonds is 3. The summed E-state index contributed by atoms with van der Waals surface area (Å²) in [6, 6.07) is 2.09. The Morgan fingerprint density at radius 3 is 3.07 bits per heavy atom. The van der Waals surface area contributed by atoms with Crippen molar-refractivity contribution in [2.45, 2.75) is 13.5 Å². The molecule has 0 spiro atoms. The average Bonchev–Trinajstić information content (AvgIpc) is 2.74. The molecule has 0 aliphatic carbocycles. The van der Waals surface area contributed by atoms with Crippen LogP contribution in [0.25, 0.3) is 11.3 Å². The number of aryl methyl sites for hydroxylation is 1. The Morgan fingerprint density at radius 2 is 2.43 bits per heavy atom. The van der Waals surface area contributed by atoms with Crippen LogP contribution >= 0.6 is 11.3 Å². The van der Waals surface area contributed by atoms with Crippen LogP contribution in [-0.4, -0.2) is 17.0 Å². The van der Waals surface area contributed by atoms with Crippen molar-refractivity contribution in [1.82, 2.24) is 15.3 Å². The molecular formula is C10H13N3S. The molecule has 2 heterocycles. The Bertz CT molecular complexity index is 403. The van der Waals surface area contributed by atoms with Gasteiger partial charge in [0.25, 0.3) is 0 Å². The first-order valence-electron chi connectivity index (χ1n) is 4.54. The lowest BCUT2D eigenvalue weighted by molar-refractivity contribution is 0.770. The standard InChI is InChI=1S/C10H13N3S/c1-7-10(8-3-4-14-6-8)13-9(12-7)5-11-2/h3-4,6,11H,5H2,1-2H3,(H,12,13). The van der Waals surface area contributed by atoms with Crippen LogP contribution in [0.5, 0.6) is 0 Å². The van der Waals surface area contributed by atoms with Crippen molar-refractivity contribution in [3.8, 4) is 11.3 Å². The molecule has 0 unspecified atom stereocenters. The number of thiophene rings is 1. The molecule has 0 aliphatic heterocycles. The van der Waals surface area contributed by atoms with Gasteiger partial charge in [-0.15, -0.1) is 0 Å². The molecule has 0 aliphatic rings. The van der Waals surface area contributed by atoms with Gasteiger partial charge in [0, 0.05) is 16.6 Å². The minimum absolute atomic E-state index is 0.783. The quantitative estimate of drug-likeness (QED) is 0.809. The smallest absolute Gasteiger partial charge is 0.121 e. The van der Waals surface area contributed by atoms with Crippen LogP contribution in [0, 0.1) is 6.92 Å². The van der Waals surface area contributed by atoms with Crippen LogP contribution < -0.4 is 5.32 Å². The van der Waals surface area contributed by atoms with Crippen molar-refractivity contribution in [2.24, 2.45) is 0 Å². The van der Waals surface area contributed by atoms with E-state index < -0.39 is 0 Å². The summed E-state index contributed by atoms with van der Waals surface area (Å²) in [7, 11) is 1.92. The predicted octanol–water partition coefficient (Wildman–Crippen LogP) is 2.17. The van der Waals surface area contributed by atoms with E-state index in [1.165, 1.54) is 5.56 Å². The number of H-pyrrole nitrogens is 1. The molecule has 0 saturated heterocycles. The Hall–Kier alpha value is -1.13. The van der Waals surface area contributed by atoms with Gasteiger partial charge in [-0.05, 0) is 25.4 Å². The highest BCUT2D eigenvalue weighted by Crippen LogP contribution is 2.23. The molecule has 2 aromatic rings. The fourth-order valence-electron chi connectivity index (χ4n) is 1.45. The van der Waals surface area contributed by atoms with E-state index in [0.717, 1.165) is 23.8 Å². The van der Waals surface area contributed by atoms with E-state index in [9.17, 15) is 0 Å². The number of hydrogen-bond donors (Lipinski definition) is 2. The molecule has 0 amide bonds. The summed E-state index contributed by atoms with van der Waals surface area (Å²) in [6.45, 7) is 2.84. The van der Waals surface area contributed by atoms with Crippen molar-refractivity contribution in [2.75, 3.05) is 7.05 Å². The molecule has 2 rings (SSSR count). The van der Waals surface area contributed by atoms with Gasteiger partial charge in [0.05, 0.1) is 12.2 Å². The van der Waals surface area contributed by atoms with Crippen LogP contribution in [0.15, 0.2) is 16.8 Å². The van der Waals surface area contributed by atoms with Crippen molar-refractivity contribution in [3.05, 3.63) is 28.3 Å². The molecule has 0 radical (unpaired) electrons. The summed E-state index contributed by atoms with van der Waals surface area (Å²) >= 11 is 1.70. The molecule has 0 saturated carbocycles. The van der Waals surface area contributed by atoms with Crippen LogP contribution in [0.1, 0.15) is 11.5 Å². The van der Waals surface area contributed by atoms with Crippen molar-refractivity contribution >= 4 is 11.3 Å². The highest BCUT2D eigenvalue weighted by atomic mass is 32.1. The molecule has 74 valence electrons. The molecule has 3 nitrogen and oxygen atoms in total. The summed E-state index contributed by atoms with van der Waals surface area (Å²) in [6.07, 6.45) is 0. The largest absolute Gasteiger partial charge is 0.344 e. The molecule has 2 aromatic heterocycles. The van der Waals surface area contributed by atoms with Gasteiger partial charge in [-0.25, -0.2) is 4.98 Å². The highest BCUT2D eigenvalue weighted by Gasteiger charge is 2.08. The summed E-state index contributed by atoms with van der Waals surface area (Å²) < 4.78 is 0. The van der Waals surface area contributed by atoms with E-state index in [2.05, 4.69) is 39.0 Å². The Kier molecular flexibility index (Phi) is 2.65. The second-order valence-electron chi connectivity index (χ2n) is 3.20. The minimum Gasteiger partial charge on any atom is -0.344 e. The number of nitrogens with one attached hydrogen (secondary N) is 2. The van der Waals surface area contributed by atoms with E-state index in [4.69, 9.17) is 0 Å². The second-order valence-corrected chi connectivity index (χ2v) is 3.98. The van der Waals surface area contributed by atoms with Gasteiger partial charge < -0.3 is 10.3 Å². The number of aromatic amines is 1. The summed E-state index contributed by atoms with van der Waals surface area (Å²) in [5, 5.41) is 7.27. The van der Waals surface area contributed by atoms with E-state index >= 15 is 0 Å². The van der Waals surface area contributed by atoms with E-state index in [1.54, 1.807) is 11.3 Å². The van der Waals surface area contributed by atoms with Crippen molar-refractivity contribution in [3.63, 3.8) is 0 Å². The van der Waals surface area contributed by atoms with E-state index in [0.29, 0.717) is 0 Å². The van der Waals surface area contributed by atoms with Crippen molar-refractivity contribution < 1.29 is 0 Å². The maximum absolute atomic E-state index is 4.53. The molecule has 2 N–H and O–H groups in total. The molecule has 4 heteroatoms. The maximum Gasteiger partial charge on any atom is 0.121 e. The fourth-order valence-corrected chi connectivity index (χ4v) is 2.09. The molecule has 14 heavy (non-hydrogen) atoms. The van der Waals surface area contributed by atoms with Gasteiger partial charge in [-0.3, -0.25) is 0 Å². The normalized spacial score (nSPS) is 10.7. The summed E-state index contributed by atoms with van der Waals surface area (Å²) in [5.41, 5.74) is 3.40. The first kappa shape index (κ1) is 9.43. The zero-order chi connectivity index (χ0) is 9.97. The third kappa shape index (κ3) is 1.71. The molecule has 0 aromatic carbocycles. The Balaban J connectivity index is 2.35. The third-order valence-electron chi connectivity index (χ3n) is 2.07. The summed E-state index contributed by atoms with van der Waals surface area (Å²) in [4.78, 5) is 7.80. The zero-order valence-corrected chi connectivity index (χ0v) is 9.11. The Morgan fingerprint density at radius 1 is 1.57 bits per heavy atom. The third-order valence-corrected chi connectivity index (χ3v) is 2.76. The van der Waals surface area contributed by atoms with E-state index in [-0.39, 0.29) is 0 Å². The first-order chi connectivity index (χ1) is 6.81. The van der Waals surface area contributed by atoms with Crippen LogP contribution in [0.3, 0.4) is 0 Å². The molecule has 0 atom stereocenters. The van der Waals surface area contributed by atoms with Gasteiger partial charge in [0.15, 0.2) is 0 Å². The predicted molar refractivity (Wildman–Crippen MR) is 59.4 cm³/mol. The lowest BCUT2D eigenvalue weighted by Gasteiger charge is -1.91. The molecule has 0 bridgehead atoms. The van der Waals surface area contributed by atoms with E-state index in [1.807, 2.05) is 7.05 Å². The van der Waals surface area contributed by atoms with Gasteiger partial charge >= 0.3 is 0 Å². The maximum atomic E-state index is 4.53. The molecule has 0 fully saturated rings. The Labute approximate surface area is 87.2 Å². The lowest BCUT2D eigenvalue weighted by Crippen LogP contribution is -2.06. The lowest BCUT2D eigenvalue weighted by atomic mass is 10.2. The average molecular weight is 207 g/mol. The number of imidazole rings is 1. The molecular weight excluding hydrogens is 194 g/mol. The van der Waals surface area contributed by atoms with Crippen LogP contribution in [0.2, 0.25) is 0 Å². The summed E-state index contributed by atoms with van der Waals surface area (Å²) in [5.74, 6) is 0.992. The van der Waals surface area contributed by atoms with Crippen molar-refractivity contribution in [1.29, 1.82) is 0 Å². The number of nitrogens with zero attached hydrogens (tertiary/aromatic N) is 1. The first-order valence-corrected chi connectivity index (χ1v) is 5.48. The van der Waals surface area contributed by atoms with Gasteiger partial charge in [0.2, 0.25) is 0 Å². The zero-order valence-electron chi connectivity index (χ0n) is 8.29. The van der Waals surface area contributed by atoms with Crippen LogP contribution in [-0.2, 0) is 6.54 Å². The van der Waals surface area contributed by atoms with Crippen LogP contribution in [0.4, 0.5) is 0 Å². The highest BCUT2D eigenvalue weighted by molar-refractivity contribution is 7.08. The number of hydrogen-bond acceptors (Lipinski definition) is 3. The second kappa shape index (κ2) is 3.94. The van der Waals surface area contributed by atoms with Gasteiger partial charge in [-0.1, -0.05) is 0 Å². The number of aromatic nitrogens is 2. The van der Waals surface area contributed by atoms with Gasteiger partial charge in [-0.2, -0.15) is 11.3 Å².